The standard InChI is InChI=1S/C32H20FNO/c33-23-14-16-25(17-15-23)34(24-10-2-1-3-11-24)29-20-31-32(27-13-7-6-12-26(27)29)28-18-21-8-4-5-9-22(21)19-30(28)35-31/h1-20H. The van der Waals surface area contributed by atoms with E-state index >= 15 is 0 Å². The zero-order valence-electron chi connectivity index (χ0n) is 18.8. The lowest BCUT2D eigenvalue weighted by Crippen LogP contribution is -2.10. The van der Waals surface area contributed by atoms with Gasteiger partial charge in [-0.2, -0.15) is 0 Å². The average molecular weight is 454 g/mol. The van der Waals surface area contributed by atoms with Crippen LogP contribution in [0, 0.1) is 5.82 Å². The summed E-state index contributed by atoms with van der Waals surface area (Å²) in [6.07, 6.45) is 0. The predicted octanol–water partition coefficient (Wildman–Crippen LogP) is 9.50. The third-order valence-corrected chi connectivity index (χ3v) is 6.66. The average Bonchev–Trinajstić information content (AvgIpc) is 3.26. The van der Waals surface area contributed by atoms with E-state index in [0.29, 0.717) is 0 Å². The molecule has 35 heavy (non-hydrogen) atoms. The highest BCUT2D eigenvalue weighted by Crippen LogP contribution is 2.44. The van der Waals surface area contributed by atoms with Crippen LogP contribution in [0.25, 0.3) is 43.5 Å². The Kier molecular flexibility index (Phi) is 4.36. The number of fused-ring (bicyclic) bond motifs is 6. The molecule has 1 heterocycles. The molecule has 166 valence electrons. The van der Waals surface area contributed by atoms with E-state index in [1.807, 2.05) is 36.4 Å². The van der Waals surface area contributed by atoms with Crippen molar-refractivity contribution in [2.45, 2.75) is 0 Å². The Morgan fingerprint density at radius 3 is 1.91 bits per heavy atom. The van der Waals surface area contributed by atoms with Gasteiger partial charge in [-0.15, -0.1) is 0 Å². The maximum absolute atomic E-state index is 13.8. The Labute approximate surface area is 201 Å². The second-order valence-corrected chi connectivity index (χ2v) is 8.76. The summed E-state index contributed by atoms with van der Waals surface area (Å²) in [6, 6.07) is 40.0. The Bertz CT molecular complexity index is 1850. The molecule has 2 nitrogen and oxygen atoms in total. The van der Waals surface area contributed by atoms with Gasteiger partial charge in [0.1, 0.15) is 17.0 Å². The van der Waals surface area contributed by atoms with Gasteiger partial charge in [0, 0.05) is 33.6 Å². The van der Waals surface area contributed by atoms with Crippen LogP contribution in [0.4, 0.5) is 21.5 Å². The van der Waals surface area contributed by atoms with Crippen molar-refractivity contribution in [1.82, 2.24) is 0 Å². The molecular weight excluding hydrogens is 433 g/mol. The highest BCUT2D eigenvalue weighted by Gasteiger charge is 2.20. The molecule has 0 bridgehead atoms. The second-order valence-electron chi connectivity index (χ2n) is 8.76. The summed E-state index contributed by atoms with van der Waals surface area (Å²) in [6.45, 7) is 0. The molecule has 0 unspecified atom stereocenters. The number of anilines is 3. The van der Waals surface area contributed by atoms with Gasteiger partial charge in [-0.3, -0.25) is 0 Å². The largest absolute Gasteiger partial charge is 0.456 e. The number of nitrogens with zero attached hydrogens (tertiary/aromatic N) is 1. The molecule has 0 atom stereocenters. The minimum absolute atomic E-state index is 0.258. The number of furan rings is 1. The highest BCUT2D eigenvalue weighted by molar-refractivity contribution is 6.23. The predicted molar refractivity (Wildman–Crippen MR) is 143 cm³/mol. The van der Waals surface area contributed by atoms with Gasteiger partial charge in [0.2, 0.25) is 0 Å². The van der Waals surface area contributed by atoms with Gasteiger partial charge in [-0.1, -0.05) is 66.7 Å². The third-order valence-electron chi connectivity index (χ3n) is 6.66. The van der Waals surface area contributed by atoms with E-state index in [2.05, 4.69) is 77.7 Å². The van der Waals surface area contributed by atoms with Crippen molar-refractivity contribution < 1.29 is 8.81 Å². The first-order valence-electron chi connectivity index (χ1n) is 11.6. The van der Waals surface area contributed by atoms with Crippen LogP contribution in [0.2, 0.25) is 0 Å². The van der Waals surface area contributed by atoms with Crippen molar-refractivity contribution in [2.24, 2.45) is 0 Å². The molecule has 0 N–H and O–H groups in total. The summed E-state index contributed by atoms with van der Waals surface area (Å²) in [5.41, 5.74) is 4.55. The lowest BCUT2D eigenvalue weighted by molar-refractivity contribution is 0.628. The maximum atomic E-state index is 13.8. The molecule has 7 aromatic rings. The van der Waals surface area contributed by atoms with E-state index in [-0.39, 0.29) is 5.82 Å². The summed E-state index contributed by atoms with van der Waals surface area (Å²) in [5, 5.41) is 6.78. The lowest BCUT2D eigenvalue weighted by atomic mass is 9.99. The molecule has 0 saturated heterocycles. The molecule has 0 fully saturated rings. The SMILES string of the molecule is Fc1ccc(N(c2ccccc2)c2cc3oc4cc5ccccc5cc4c3c3ccccc23)cc1. The molecular formula is C32H20FNO. The van der Waals surface area contributed by atoms with Crippen molar-refractivity contribution >= 4 is 60.5 Å². The molecule has 7 rings (SSSR count). The van der Waals surface area contributed by atoms with Gasteiger partial charge in [0.15, 0.2) is 0 Å². The number of rotatable bonds is 3. The van der Waals surface area contributed by atoms with Crippen molar-refractivity contribution in [1.29, 1.82) is 0 Å². The first-order valence-corrected chi connectivity index (χ1v) is 11.6. The van der Waals surface area contributed by atoms with Crippen LogP contribution in [0.15, 0.2) is 126 Å². The van der Waals surface area contributed by atoms with E-state index in [4.69, 9.17) is 4.42 Å². The number of halogens is 1. The van der Waals surface area contributed by atoms with Crippen molar-refractivity contribution in [3.63, 3.8) is 0 Å². The Balaban J connectivity index is 1.59. The zero-order chi connectivity index (χ0) is 23.4. The van der Waals surface area contributed by atoms with Crippen LogP contribution in [0.5, 0.6) is 0 Å². The Morgan fingerprint density at radius 2 is 1.14 bits per heavy atom. The Hall–Kier alpha value is -4.63. The molecule has 0 radical (unpaired) electrons. The van der Waals surface area contributed by atoms with Gasteiger partial charge in [0.25, 0.3) is 0 Å². The zero-order valence-corrected chi connectivity index (χ0v) is 18.8. The van der Waals surface area contributed by atoms with Crippen LogP contribution >= 0.6 is 0 Å². The molecule has 0 saturated carbocycles. The second kappa shape index (κ2) is 7.71. The topological polar surface area (TPSA) is 16.4 Å². The number of benzene rings is 6. The van der Waals surface area contributed by atoms with Gasteiger partial charge < -0.3 is 9.32 Å². The quantitative estimate of drug-likeness (QED) is 0.265. The van der Waals surface area contributed by atoms with E-state index in [0.717, 1.165) is 55.2 Å². The summed E-state index contributed by atoms with van der Waals surface area (Å²) in [7, 11) is 0. The summed E-state index contributed by atoms with van der Waals surface area (Å²) in [4.78, 5) is 2.16. The normalized spacial score (nSPS) is 11.6. The fraction of sp³-hybridized carbons (Fsp3) is 0. The highest BCUT2D eigenvalue weighted by atomic mass is 19.1. The van der Waals surface area contributed by atoms with Gasteiger partial charge in [-0.25, -0.2) is 4.39 Å². The van der Waals surface area contributed by atoms with Crippen LogP contribution in [0.3, 0.4) is 0 Å². The monoisotopic (exact) mass is 453 g/mol. The van der Waals surface area contributed by atoms with E-state index in [9.17, 15) is 4.39 Å². The van der Waals surface area contributed by atoms with Crippen LogP contribution in [0.1, 0.15) is 0 Å². The minimum atomic E-state index is -0.258. The van der Waals surface area contributed by atoms with Gasteiger partial charge >= 0.3 is 0 Å². The van der Waals surface area contributed by atoms with E-state index in [1.165, 1.54) is 17.5 Å². The third kappa shape index (κ3) is 3.17. The first-order chi connectivity index (χ1) is 17.3. The van der Waals surface area contributed by atoms with Crippen LogP contribution in [-0.2, 0) is 0 Å². The molecule has 0 aliphatic heterocycles. The first kappa shape index (κ1) is 19.8. The minimum Gasteiger partial charge on any atom is -0.456 e. The lowest BCUT2D eigenvalue weighted by Gasteiger charge is -2.27. The van der Waals surface area contributed by atoms with Crippen molar-refractivity contribution in [3.05, 3.63) is 127 Å². The van der Waals surface area contributed by atoms with Crippen LogP contribution < -0.4 is 4.90 Å². The summed E-state index contributed by atoms with van der Waals surface area (Å²) < 4.78 is 20.3. The summed E-state index contributed by atoms with van der Waals surface area (Å²) >= 11 is 0. The number of hydrogen-bond donors (Lipinski definition) is 0. The number of para-hydroxylation sites is 1. The van der Waals surface area contributed by atoms with Crippen LogP contribution in [-0.4, -0.2) is 0 Å². The molecule has 0 spiro atoms. The molecule has 3 heteroatoms. The van der Waals surface area contributed by atoms with Crippen molar-refractivity contribution in [3.8, 4) is 0 Å². The molecule has 0 amide bonds. The van der Waals surface area contributed by atoms with E-state index in [1.54, 1.807) is 0 Å². The molecule has 0 aliphatic rings. The van der Waals surface area contributed by atoms with Gasteiger partial charge in [0.05, 0.1) is 5.69 Å². The Morgan fingerprint density at radius 1 is 0.514 bits per heavy atom. The van der Waals surface area contributed by atoms with Gasteiger partial charge in [-0.05, 0) is 64.7 Å². The fourth-order valence-electron chi connectivity index (χ4n) is 5.09. The molecule has 1 aromatic heterocycles. The maximum Gasteiger partial charge on any atom is 0.138 e. The summed E-state index contributed by atoms with van der Waals surface area (Å²) in [5.74, 6) is -0.258. The molecule has 0 aliphatic carbocycles. The molecule has 6 aromatic carbocycles. The van der Waals surface area contributed by atoms with E-state index < -0.39 is 0 Å². The van der Waals surface area contributed by atoms with Crippen molar-refractivity contribution in [2.75, 3.05) is 4.90 Å². The fourth-order valence-corrected chi connectivity index (χ4v) is 5.09. The smallest absolute Gasteiger partial charge is 0.138 e. The number of hydrogen-bond acceptors (Lipinski definition) is 2.